The number of hydrogen-bond acceptors (Lipinski definition) is 2. The fourth-order valence-electron chi connectivity index (χ4n) is 2.27. The van der Waals surface area contributed by atoms with Gasteiger partial charge in [0.2, 0.25) is 0 Å². The van der Waals surface area contributed by atoms with Crippen LogP contribution in [0.25, 0.3) is 0 Å². The van der Waals surface area contributed by atoms with Crippen molar-refractivity contribution in [2.24, 2.45) is 0 Å². The number of carbonyl (C=O) groups excluding carboxylic acids is 1. The van der Waals surface area contributed by atoms with Gasteiger partial charge in [-0.15, -0.1) is 0 Å². The fraction of sp³-hybridized carbons (Fsp3) is 0.500. The van der Waals surface area contributed by atoms with Crippen LogP contribution >= 0.6 is 15.9 Å². The third kappa shape index (κ3) is 2.93. The van der Waals surface area contributed by atoms with Crippen LogP contribution in [0.5, 0.6) is 0 Å². The van der Waals surface area contributed by atoms with E-state index in [1.165, 1.54) is 0 Å². The van der Waals surface area contributed by atoms with Gasteiger partial charge in [-0.2, -0.15) is 0 Å². The molecule has 1 aromatic rings. The van der Waals surface area contributed by atoms with E-state index in [1.54, 1.807) is 0 Å². The van der Waals surface area contributed by atoms with Gasteiger partial charge < -0.3 is 10.6 Å². The molecule has 1 aliphatic heterocycles. The minimum absolute atomic E-state index is 0.00924. The van der Waals surface area contributed by atoms with E-state index in [0.29, 0.717) is 0 Å². The van der Waals surface area contributed by atoms with Gasteiger partial charge in [-0.25, -0.2) is 0 Å². The number of amides is 1. The molecule has 98 valence electrons. The third-order valence-corrected chi connectivity index (χ3v) is 4.61. The summed E-state index contributed by atoms with van der Waals surface area (Å²) < 4.78 is 0.889. The van der Waals surface area contributed by atoms with Crippen molar-refractivity contribution in [3.05, 3.63) is 33.8 Å². The zero-order valence-corrected chi connectivity index (χ0v) is 12.4. The minimum atomic E-state index is -0.0917. The second-order valence-electron chi connectivity index (χ2n) is 5.20. The van der Waals surface area contributed by atoms with E-state index in [4.69, 9.17) is 0 Å². The topological polar surface area (TPSA) is 41.1 Å². The van der Waals surface area contributed by atoms with Crippen molar-refractivity contribution in [1.82, 2.24) is 10.6 Å². The summed E-state index contributed by atoms with van der Waals surface area (Å²) in [4.78, 5) is 12.3. The molecule has 2 rings (SSSR count). The number of hydrogen-bond donors (Lipinski definition) is 2. The van der Waals surface area contributed by atoms with Gasteiger partial charge in [0.05, 0.1) is 5.56 Å². The van der Waals surface area contributed by atoms with Gasteiger partial charge in [-0.1, -0.05) is 12.1 Å². The van der Waals surface area contributed by atoms with E-state index >= 15 is 0 Å². The van der Waals surface area contributed by atoms with Crippen molar-refractivity contribution in [2.75, 3.05) is 13.1 Å². The number of carbonyl (C=O) groups is 1. The lowest BCUT2D eigenvalue weighted by Crippen LogP contribution is -2.52. The summed E-state index contributed by atoms with van der Waals surface area (Å²) in [5.74, 6) is 0.00924. The maximum atomic E-state index is 12.3. The largest absolute Gasteiger partial charge is 0.347 e. The summed E-state index contributed by atoms with van der Waals surface area (Å²) in [6.07, 6.45) is 1.95. The van der Waals surface area contributed by atoms with Crippen molar-refractivity contribution in [1.29, 1.82) is 0 Å². The van der Waals surface area contributed by atoms with Gasteiger partial charge in [-0.3, -0.25) is 4.79 Å². The summed E-state index contributed by atoms with van der Waals surface area (Å²) in [6, 6.07) is 5.77. The Labute approximate surface area is 116 Å². The van der Waals surface area contributed by atoms with Gasteiger partial charge in [0.15, 0.2) is 0 Å². The fourth-order valence-corrected chi connectivity index (χ4v) is 2.71. The Morgan fingerprint density at radius 2 is 2.06 bits per heavy atom. The van der Waals surface area contributed by atoms with E-state index in [1.807, 2.05) is 25.1 Å². The molecule has 4 heteroatoms. The second-order valence-corrected chi connectivity index (χ2v) is 5.99. The first-order chi connectivity index (χ1) is 8.52. The molecular formula is C14H19BrN2O. The van der Waals surface area contributed by atoms with Crippen LogP contribution in [0.2, 0.25) is 0 Å². The van der Waals surface area contributed by atoms with E-state index in [0.717, 1.165) is 41.5 Å². The Morgan fingerprint density at radius 3 is 2.72 bits per heavy atom. The first-order valence-electron chi connectivity index (χ1n) is 6.30. The van der Waals surface area contributed by atoms with Crippen LogP contribution in [0.1, 0.15) is 35.7 Å². The molecule has 1 aromatic carbocycles. The van der Waals surface area contributed by atoms with Crippen LogP contribution in [0.15, 0.2) is 22.7 Å². The van der Waals surface area contributed by atoms with E-state index < -0.39 is 0 Å². The number of nitrogens with one attached hydrogen (secondary N) is 2. The molecule has 3 nitrogen and oxygen atoms in total. The lowest BCUT2D eigenvalue weighted by atomic mass is 9.90. The maximum Gasteiger partial charge on any atom is 0.252 e. The molecule has 0 atom stereocenters. The summed E-state index contributed by atoms with van der Waals surface area (Å²) >= 11 is 3.49. The maximum absolute atomic E-state index is 12.3. The van der Waals surface area contributed by atoms with Gasteiger partial charge in [0.1, 0.15) is 0 Å². The molecule has 1 saturated heterocycles. The SMILES string of the molecule is Cc1cccc(C(=O)NC2(C)CCNCC2)c1Br. The van der Waals surface area contributed by atoms with Gasteiger partial charge in [-0.05, 0) is 67.3 Å². The van der Waals surface area contributed by atoms with E-state index in [-0.39, 0.29) is 11.4 Å². The third-order valence-electron chi connectivity index (χ3n) is 3.56. The highest BCUT2D eigenvalue weighted by Crippen LogP contribution is 2.23. The number of halogens is 1. The highest BCUT2D eigenvalue weighted by molar-refractivity contribution is 9.10. The normalized spacial score (nSPS) is 18.4. The monoisotopic (exact) mass is 310 g/mol. The summed E-state index contributed by atoms with van der Waals surface area (Å²) in [6.45, 7) is 6.04. The molecule has 1 fully saturated rings. The van der Waals surface area contributed by atoms with Crippen molar-refractivity contribution < 1.29 is 4.79 Å². The molecule has 0 radical (unpaired) electrons. The first kappa shape index (κ1) is 13.6. The zero-order valence-electron chi connectivity index (χ0n) is 10.8. The van der Waals surface area contributed by atoms with Crippen molar-refractivity contribution in [3.8, 4) is 0 Å². The lowest BCUT2D eigenvalue weighted by Gasteiger charge is -2.35. The minimum Gasteiger partial charge on any atom is -0.347 e. The summed E-state index contributed by atoms with van der Waals surface area (Å²) in [7, 11) is 0. The van der Waals surface area contributed by atoms with Crippen molar-refractivity contribution in [3.63, 3.8) is 0 Å². The van der Waals surface area contributed by atoms with E-state index in [2.05, 4.69) is 33.5 Å². The predicted octanol–water partition coefficient (Wildman–Crippen LogP) is 2.63. The molecule has 0 aliphatic carbocycles. The number of benzene rings is 1. The molecule has 18 heavy (non-hydrogen) atoms. The average molecular weight is 311 g/mol. The molecule has 1 aliphatic rings. The lowest BCUT2D eigenvalue weighted by molar-refractivity contribution is 0.0886. The van der Waals surface area contributed by atoms with Crippen LogP contribution in [0, 0.1) is 6.92 Å². The first-order valence-corrected chi connectivity index (χ1v) is 7.09. The summed E-state index contributed by atoms with van der Waals surface area (Å²) in [5.41, 5.74) is 1.71. The zero-order chi connectivity index (χ0) is 13.2. The molecule has 2 N–H and O–H groups in total. The molecule has 0 spiro atoms. The van der Waals surface area contributed by atoms with Crippen LogP contribution in [0.3, 0.4) is 0 Å². The number of piperidine rings is 1. The molecule has 0 bridgehead atoms. The van der Waals surface area contributed by atoms with Gasteiger partial charge >= 0.3 is 0 Å². The number of aryl methyl sites for hydroxylation is 1. The van der Waals surface area contributed by atoms with Crippen LogP contribution < -0.4 is 10.6 Å². The Kier molecular flexibility index (Phi) is 4.07. The predicted molar refractivity (Wildman–Crippen MR) is 76.9 cm³/mol. The second kappa shape index (κ2) is 5.41. The number of rotatable bonds is 2. The Bertz CT molecular complexity index is 453. The average Bonchev–Trinajstić information content (AvgIpc) is 2.33. The van der Waals surface area contributed by atoms with Crippen LogP contribution in [-0.4, -0.2) is 24.5 Å². The molecule has 1 heterocycles. The molecular weight excluding hydrogens is 292 g/mol. The van der Waals surface area contributed by atoms with Crippen molar-refractivity contribution in [2.45, 2.75) is 32.2 Å². The molecule has 0 unspecified atom stereocenters. The quantitative estimate of drug-likeness (QED) is 0.881. The smallest absolute Gasteiger partial charge is 0.252 e. The Hall–Kier alpha value is -0.870. The molecule has 1 amide bonds. The van der Waals surface area contributed by atoms with E-state index in [9.17, 15) is 4.79 Å². The highest BCUT2D eigenvalue weighted by Gasteiger charge is 2.29. The van der Waals surface area contributed by atoms with Crippen LogP contribution in [0.4, 0.5) is 0 Å². The van der Waals surface area contributed by atoms with Crippen molar-refractivity contribution >= 4 is 21.8 Å². The standard InChI is InChI=1S/C14H19BrN2O/c1-10-4-3-5-11(12(10)15)13(18)17-14(2)6-8-16-9-7-14/h3-5,16H,6-9H2,1-2H3,(H,17,18). The molecule has 0 aromatic heterocycles. The van der Waals surface area contributed by atoms with Gasteiger partial charge in [0, 0.05) is 10.0 Å². The highest BCUT2D eigenvalue weighted by atomic mass is 79.9. The Balaban J connectivity index is 2.14. The van der Waals surface area contributed by atoms with Crippen LogP contribution in [-0.2, 0) is 0 Å². The van der Waals surface area contributed by atoms with Gasteiger partial charge in [0.25, 0.3) is 5.91 Å². The molecule has 0 saturated carbocycles. The Morgan fingerprint density at radius 1 is 1.39 bits per heavy atom. The summed E-state index contributed by atoms with van der Waals surface area (Å²) in [5, 5.41) is 6.48.